The number of hydrogen-bond donors (Lipinski definition) is 0. The van der Waals surface area contributed by atoms with Gasteiger partial charge in [-0.25, -0.2) is 0 Å². The maximum absolute atomic E-state index is 6.27. The summed E-state index contributed by atoms with van der Waals surface area (Å²) >= 11 is 1.75. The second kappa shape index (κ2) is 40.9. The van der Waals surface area contributed by atoms with E-state index in [1.807, 2.05) is 12.5 Å². The lowest BCUT2D eigenvalue weighted by Crippen LogP contribution is -2.46. The quantitative estimate of drug-likeness (QED) is 0.101. The molecule has 0 saturated carbocycles. The molecular formula is C29H64O12S. The Balaban J connectivity index is -0.00000363. The molecule has 42 heavy (non-hydrogen) atoms. The van der Waals surface area contributed by atoms with Crippen LogP contribution in [0.3, 0.4) is 0 Å². The number of hydrogen-bond acceptors (Lipinski definition) is 13. The molecule has 13 heteroatoms. The minimum absolute atomic E-state index is 0. The molecule has 3 atom stereocenters. The minimum Gasteiger partial charge on any atom is -0.382 e. The van der Waals surface area contributed by atoms with Crippen LogP contribution in [-0.2, 0) is 56.8 Å². The Labute approximate surface area is 260 Å². The first-order valence-electron chi connectivity index (χ1n) is 14.3. The topological polar surface area (TPSA) is 111 Å². The van der Waals surface area contributed by atoms with E-state index >= 15 is 0 Å². The Hall–Kier alpha value is -0.130. The van der Waals surface area contributed by atoms with Gasteiger partial charge in [0.15, 0.2) is 0 Å². The largest absolute Gasteiger partial charge is 0.382 e. The van der Waals surface area contributed by atoms with Crippen molar-refractivity contribution >= 4 is 11.8 Å². The molecule has 12 nitrogen and oxygen atoms in total. The Bertz CT molecular complexity index is 468. The Kier molecular flexibility index (Phi) is 45.0. The Morgan fingerprint density at radius 2 is 0.738 bits per heavy atom. The predicted molar refractivity (Wildman–Crippen MR) is 167 cm³/mol. The smallest absolute Gasteiger partial charge is 0.112 e. The number of ether oxygens (including phenoxy) is 12. The van der Waals surface area contributed by atoms with Gasteiger partial charge in [0.1, 0.15) is 12.2 Å². The van der Waals surface area contributed by atoms with Crippen molar-refractivity contribution in [1.82, 2.24) is 0 Å². The summed E-state index contributed by atoms with van der Waals surface area (Å²) in [4.78, 5) is 0. The van der Waals surface area contributed by atoms with Crippen LogP contribution in [-0.4, -0.2) is 172 Å². The zero-order valence-electron chi connectivity index (χ0n) is 26.8. The van der Waals surface area contributed by atoms with Gasteiger partial charge in [0.2, 0.25) is 0 Å². The molecule has 0 amide bonds. The minimum atomic E-state index is -0.390. The van der Waals surface area contributed by atoms with Gasteiger partial charge in [-0.3, -0.25) is 0 Å². The summed E-state index contributed by atoms with van der Waals surface area (Å²) in [6.07, 6.45) is 3.79. The monoisotopic (exact) mass is 636 g/mol. The molecule has 0 N–H and O–H groups in total. The van der Waals surface area contributed by atoms with Crippen molar-refractivity contribution in [3.63, 3.8) is 0 Å². The zero-order chi connectivity index (χ0) is 30.7. The van der Waals surface area contributed by atoms with Crippen molar-refractivity contribution in [2.75, 3.05) is 153 Å². The average molecular weight is 637 g/mol. The summed E-state index contributed by atoms with van der Waals surface area (Å²) in [7, 11) is 6.56. The van der Waals surface area contributed by atoms with Crippen molar-refractivity contribution < 1.29 is 56.8 Å². The van der Waals surface area contributed by atoms with Gasteiger partial charge < -0.3 is 56.8 Å². The van der Waals surface area contributed by atoms with Crippen molar-refractivity contribution in [1.29, 1.82) is 0 Å². The Morgan fingerprint density at radius 1 is 0.429 bits per heavy atom. The molecule has 0 fully saturated rings. The molecular weight excluding hydrogens is 572 g/mol. The fourth-order valence-corrected chi connectivity index (χ4v) is 3.19. The molecule has 0 bridgehead atoms. The second-order valence-corrected chi connectivity index (χ2v) is 9.28. The maximum Gasteiger partial charge on any atom is 0.112 e. The summed E-state index contributed by atoms with van der Waals surface area (Å²) < 4.78 is 66.8. The molecule has 0 aromatic carbocycles. The highest BCUT2D eigenvalue weighted by Crippen LogP contribution is 2.17. The molecule has 0 rings (SSSR count). The highest BCUT2D eigenvalue weighted by atomic mass is 32.2. The third-order valence-corrected chi connectivity index (χ3v) is 5.17. The first-order valence-corrected chi connectivity index (χ1v) is 15.9. The highest BCUT2D eigenvalue weighted by molar-refractivity contribution is 7.97. The van der Waals surface area contributed by atoms with E-state index in [2.05, 4.69) is 6.92 Å². The van der Waals surface area contributed by atoms with Crippen molar-refractivity contribution in [2.45, 2.75) is 39.1 Å². The van der Waals surface area contributed by atoms with E-state index in [-0.39, 0.29) is 13.5 Å². The van der Waals surface area contributed by atoms with E-state index in [4.69, 9.17) is 56.8 Å². The van der Waals surface area contributed by atoms with E-state index < -0.39 is 12.2 Å². The molecule has 0 aliphatic carbocycles. The molecule has 0 saturated heterocycles. The van der Waals surface area contributed by atoms with Crippen LogP contribution in [0.4, 0.5) is 0 Å². The summed E-state index contributed by atoms with van der Waals surface area (Å²) in [6.45, 7) is 9.93. The maximum atomic E-state index is 6.27. The van der Waals surface area contributed by atoms with Crippen molar-refractivity contribution in [3.8, 4) is 0 Å². The first-order chi connectivity index (χ1) is 20.2. The summed E-state index contributed by atoms with van der Waals surface area (Å²) in [5.41, 5.74) is 0. The third kappa shape index (κ3) is 32.8. The second-order valence-electron chi connectivity index (χ2n) is 8.47. The fourth-order valence-electron chi connectivity index (χ4n) is 3.19. The lowest BCUT2D eigenvalue weighted by Gasteiger charge is -2.33. The Morgan fingerprint density at radius 3 is 1.12 bits per heavy atom. The van der Waals surface area contributed by atoms with E-state index in [0.29, 0.717) is 112 Å². The lowest BCUT2D eigenvalue weighted by molar-refractivity contribution is -0.169. The van der Waals surface area contributed by atoms with Gasteiger partial charge in [0, 0.05) is 28.4 Å². The highest BCUT2D eigenvalue weighted by Gasteiger charge is 2.31. The normalized spacial score (nSPS) is 13.2. The predicted octanol–water partition coefficient (Wildman–Crippen LogP) is 2.84. The number of methoxy groups -OCH3 is 4. The fraction of sp³-hybridized carbons (Fsp3) is 1.00. The van der Waals surface area contributed by atoms with Gasteiger partial charge in [-0.1, -0.05) is 14.4 Å². The van der Waals surface area contributed by atoms with Gasteiger partial charge in [0.25, 0.3) is 0 Å². The SMILES string of the molecule is C.CCC(OCCOCCOC)C(OCCOCCOC)C(COCCOCCOC)OCCOCCOC.CSC. The van der Waals surface area contributed by atoms with Gasteiger partial charge >= 0.3 is 0 Å². The van der Waals surface area contributed by atoms with Gasteiger partial charge in [-0.15, -0.1) is 0 Å². The van der Waals surface area contributed by atoms with Crippen LogP contribution in [0, 0.1) is 0 Å². The average Bonchev–Trinajstić information content (AvgIpc) is 2.98. The molecule has 258 valence electrons. The van der Waals surface area contributed by atoms with Crippen LogP contribution < -0.4 is 0 Å². The molecule has 0 radical (unpaired) electrons. The van der Waals surface area contributed by atoms with E-state index in [9.17, 15) is 0 Å². The third-order valence-electron chi connectivity index (χ3n) is 5.17. The first kappa shape index (κ1) is 46.3. The van der Waals surface area contributed by atoms with Gasteiger partial charge in [0.05, 0.1) is 118 Å². The van der Waals surface area contributed by atoms with Crippen LogP contribution >= 0.6 is 11.8 Å². The summed E-state index contributed by atoms with van der Waals surface area (Å²) in [5.74, 6) is 0. The van der Waals surface area contributed by atoms with E-state index in [1.165, 1.54) is 0 Å². The van der Waals surface area contributed by atoms with Crippen LogP contribution in [0.5, 0.6) is 0 Å². The number of thioether (sulfide) groups is 1. The summed E-state index contributed by atoms with van der Waals surface area (Å²) in [5, 5.41) is 0. The van der Waals surface area contributed by atoms with Gasteiger partial charge in [-0.2, -0.15) is 11.8 Å². The molecule has 0 aliphatic rings. The summed E-state index contributed by atoms with van der Waals surface area (Å²) in [6, 6.07) is 0. The zero-order valence-corrected chi connectivity index (χ0v) is 27.6. The van der Waals surface area contributed by atoms with E-state index in [1.54, 1.807) is 40.2 Å². The molecule has 0 heterocycles. The molecule has 0 spiro atoms. The lowest BCUT2D eigenvalue weighted by atomic mass is 10.1. The van der Waals surface area contributed by atoms with Crippen LogP contribution in [0.1, 0.15) is 20.8 Å². The van der Waals surface area contributed by atoms with Crippen LogP contribution in [0.2, 0.25) is 0 Å². The van der Waals surface area contributed by atoms with Gasteiger partial charge in [-0.05, 0) is 18.9 Å². The standard InChI is InChI=1S/C26H54O12.C2H6S.CH4/c1-6-24(36-20-17-32-12-8-28-3)26(38-22-19-34-14-10-30-5)25(37-21-18-33-13-9-29-4)23-35-16-15-31-11-7-27-2;1-3-2;/h24-26H,6-23H2,1-5H3;1-2H3;1H4. The van der Waals surface area contributed by atoms with Crippen molar-refractivity contribution in [2.24, 2.45) is 0 Å². The molecule has 3 unspecified atom stereocenters. The molecule has 0 aromatic rings. The number of rotatable bonds is 32. The van der Waals surface area contributed by atoms with Crippen LogP contribution in [0.25, 0.3) is 0 Å². The molecule has 0 aromatic heterocycles. The van der Waals surface area contributed by atoms with E-state index in [0.717, 1.165) is 6.42 Å². The van der Waals surface area contributed by atoms with Crippen LogP contribution in [0.15, 0.2) is 0 Å². The van der Waals surface area contributed by atoms with Crippen molar-refractivity contribution in [3.05, 3.63) is 0 Å². The molecule has 0 aliphatic heterocycles.